The Hall–Kier alpha value is -2.14. The quantitative estimate of drug-likeness (QED) is 0.854. The van der Waals surface area contributed by atoms with Crippen LogP contribution >= 0.6 is 0 Å². The van der Waals surface area contributed by atoms with Gasteiger partial charge in [0.05, 0.1) is 5.69 Å². The number of carbonyl (C=O) groups is 1. The van der Waals surface area contributed by atoms with E-state index in [1.807, 2.05) is 24.4 Å². The highest BCUT2D eigenvalue weighted by atomic mass is 16.2. The maximum absolute atomic E-state index is 12.1. The molecule has 1 saturated heterocycles. The first kappa shape index (κ1) is 16.7. The Morgan fingerprint density at radius 3 is 3.04 bits per heavy atom. The number of hydrogen-bond acceptors (Lipinski definition) is 3. The summed E-state index contributed by atoms with van der Waals surface area (Å²) in [7, 11) is 0. The van der Waals surface area contributed by atoms with Crippen LogP contribution in [0.1, 0.15) is 35.6 Å². The van der Waals surface area contributed by atoms with Crippen LogP contribution in [0.5, 0.6) is 0 Å². The average Bonchev–Trinajstić information content (AvgIpc) is 3.06. The van der Waals surface area contributed by atoms with E-state index < -0.39 is 0 Å². The first-order chi connectivity index (χ1) is 11.7. The van der Waals surface area contributed by atoms with Gasteiger partial charge in [-0.25, -0.2) is 0 Å². The molecule has 2 heterocycles. The van der Waals surface area contributed by atoms with Crippen molar-refractivity contribution in [2.75, 3.05) is 19.6 Å². The zero-order chi connectivity index (χ0) is 16.8. The molecule has 0 radical (unpaired) electrons. The van der Waals surface area contributed by atoms with E-state index in [9.17, 15) is 4.79 Å². The van der Waals surface area contributed by atoms with Crippen LogP contribution in [0.2, 0.25) is 0 Å². The minimum atomic E-state index is 0.0139. The Labute approximate surface area is 143 Å². The summed E-state index contributed by atoms with van der Waals surface area (Å²) in [6.45, 7) is 5.13. The summed E-state index contributed by atoms with van der Waals surface area (Å²) in [6.07, 6.45) is 5.13. The van der Waals surface area contributed by atoms with E-state index in [4.69, 9.17) is 0 Å². The maximum Gasteiger partial charge on any atom is 0.241 e. The number of piperidine rings is 1. The summed E-state index contributed by atoms with van der Waals surface area (Å²) in [5.74, 6) is 0.490. The maximum atomic E-state index is 12.1. The monoisotopic (exact) mass is 326 g/mol. The summed E-state index contributed by atoms with van der Waals surface area (Å²) in [5.41, 5.74) is 3.64. The third-order valence-electron chi connectivity index (χ3n) is 4.66. The fourth-order valence-corrected chi connectivity index (χ4v) is 3.22. The predicted molar refractivity (Wildman–Crippen MR) is 95.0 cm³/mol. The lowest BCUT2D eigenvalue weighted by Gasteiger charge is -2.20. The number of nitrogens with zero attached hydrogens (tertiary/aromatic N) is 2. The molecule has 1 amide bonds. The van der Waals surface area contributed by atoms with Crippen molar-refractivity contribution in [3.05, 3.63) is 53.3 Å². The number of nitrogens with one attached hydrogen (secondary N) is 2. The standard InChI is InChI=1S/C19H26N4O/c1-15-5-2-3-6-16(15)8-11-21-19(24)14-23-12-9-18(22-23)17-7-4-10-20-13-17/h2-3,5-6,9,12,17,20H,4,7-8,10-11,13-14H2,1H3,(H,21,24). The van der Waals surface area contributed by atoms with Crippen molar-refractivity contribution in [1.29, 1.82) is 0 Å². The molecule has 24 heavy (non-hydrogen) atoms. The number of hydrogen-bond donors (Lipinski definition) is 2. The zero-order valence-electron chi connectivity index (χ0n) is 14.3. The van der Waals surface area contributed by atoms with Crippen LogP contribution in [-0.2, 0) is 17.8 Å². The lowest BCUT2D eigenvalue weighted by molar-refractivity contribution is -0.121. The zero-order valence-corrected chi connectivity index (χ0v) is 14.3. The molecular weight excluding hydrogens is 300 g/mol. The molecule has 0 aliphatic carbocycles. The molecule has 1 aliphatic heterocycles. The molecule has 1 aliphatic rings. The molecule has 1 aromatic heterocycles. The van der Waals surface area contributed by atoms with Crippen LogP contribution in [0.25, 0.3) is 0 Å². The molecule has 5 nitrogen and oxygen atoms in total. The van der Waals surface area contributed by atoms with Gasteiger partial charge in [-0.3, -0.25) is 9.48 Å². The van der Waals surface area contributed by atoms with Gasteiger partial charge in [0.1, 0.15) is 6.54 Å². The molecule has 0 saturated carbocycles. The van der Waals surface area contributed by atoms with Crippen molar-refractivity contribution in [2.45, 2.75) is 38.6 Å². The molecule has 1 aromatic carbocycles. The second-order valence-corrected chi connectivity index (χ2v) is 6.51. The fraction of sp³-hybridized carbons (Fsp3) is 0.474. The van der Waals surface area contributed by atoms with Crippen molar-refractivity contribution in [1.82, 2.24) is 20.4 Å². The van der Waals surface area contributed by atoms with E-state index in [2.05, 4.69) is 34.8 Å². The van der Waals surface area contributed by atoms with Crippen LogP contribution in [-0.4, -0.2) is 35.3 Å². The van der Waals surface area contributed by atoms with Crippen molar-refractivity contribution < 1.29 is 4.79 Å². The third kappa shape index (κ3) is 4.45. The summed E-state index contributed by atoms with van der Waals surface area (Å²) in [6, 6.07) is 10.3. The Bertz CT molecular complexity index is 674. The molecular formula is C19H26N4O. The number of amides is 1. The topological polar surface area (TPSA) is 59.0 Å². The van der Waals surface area contributed by atoms with Gasteiger partial charge in [-0.2, -0.15) is 5.10 Å². The van der Waals surface area contributed by atoms with Gasteiger partial charge in [-0.05, 0) is 49.9 Å². The lowest BCUT2D eigenvalue weighted by atomic mass is 9.97. The second-order valence-electron chi connectivity index (χ2n) is 6.51. The summed E-state index contributed by atoms with van der Waals surface area (Å²) >= 11 is 0. The van der Waals surface area contributed by atoms with Crippen LogP contribution < -0.4 is 10.6 Å². The number of aromatic nitrogens is 2. The first-order valence-electron chi connectivity index (χ1n) is 8.77. The normalized spacial score (nSPS) is 17.6. The molecule has 1 unspecified atom stereocenters. The summed E-state index contributed by atoms with van der Waals surface area (Å²) < 4.78 is 1.74. The van der Waals surface area contributed by atoms with Gasteiger partial charge in [0.25, 0.3) is 0 Å². The fourth-order valence-electron chi connectivity index (χ4n) is 3.22. The molecule has 128 valence electrons. The molecule has 3 rings (SSSR count). The van der Waals surface area contributed by atoms with Crippen molar-refractivity contribution in [3.63, 3.8) is 0 Å². The van der Waals surface area contributed by atoms with Gasteiger partial charge in [-0.15, -0.1) is 0 Å². The summed E-state index contributed by atoms with van der Waals surface area (Å²) in [5, 5.41) is 11.0. The number of rotatable bonds is 6. The smallest absolute Gasteiger partial charge is 0.241 e. The largest absolute Gasteiger partial charge is 0.354 e. The lowest BCUT2D eigenvalue weighted by Crippen LogP contribution is -2.30. The van der Waals surface area contributed by atoms with Crippen molar-refractivity contribution in [3.8, 4) is 0 Å². The van der Waals surface area contributed by atoms with E-state index in [0.717, 1.165) is 25.2 Å². The van der Waals surface area contributed by atoms with Gasteiger partial charge in [-0.1, -0.05) is 24.3 Å². The third-order valence-corrected chi connectivity index (χ3v) is 4.66. The van der Waals surface area contributed by atoms with Crippen molar-refractivity contribution >= 4 is 5.91 Å². The van der Waals surface area contributed by atoms with Gasteiger partial charge in [0, 0.05) is 25.2 Å². The minimum absolute atomic E-state index is 0.0139. The Balaban J connectivity index is 1.45. The second kappa shape index (κ2) is 8.11. The first-order valence-corrected chi connectivity index (χ1v) is 8.77. The predicted octanol–water partition coefficient (Wildman–Crippen LogP) is 2.02. The SMILES string of the molecule is Cc1ccccc1CCNC(=O)Cn1ccc(C2CCCNC2)n1. The highest BCUT2D eigenvalue weighted by Gasteiger charge is 2.17. The summed E-state index contributed by atoms with van der Waals surface area (Å²) in [4.78, 5) is 12.1. The number of aryl methyl sites for hydroxylation is 1. The average molecular weight is 326 g/mol. The van der Waals surface area contributed by atoms with E-state index in [1.165, 1.54) is 24.0 Å². The van der Waals surface area contributed by atoms with Gasteiger partial charge in [0.2, 0.25) is 5.91 Å². The number of carbonyl (C=O) groups excluding carboxylic acids is 1. The van der Waals surface area contributed by atoms with E-state index in [1.54, 1.807) is 4.68 Å². The van der Waals surface area contributed by atoms with Crippen LogP contribution in [0.4, 0.5) is 0 Å². The molecule has 1 fully saturated rings. The molecule has 5 heteroatoms. The number of benzene rings is 1. The van der Waals surface area contributed by atoms with E-state index in [0.29, 0.717) is 12.5 Å². The van der Waals surface area contributed by atoms with Crippen molar-refractivity contribution in [2.24, 2.45) is 0 Å². The van der Waals surface area contributed by atoms with Gasteiger partial charge < -0.3 is 10.6 Å². The minimum Gasteiger partial charge on any atom is -0.354 e. The Morgan fingerprint density at radius 2 is 2.25 bits per heavy atom. The van der Waals surface area contributed by atoms with Gasteiger partial charge >= 0.3 is 0 Å². The van der Waals surface area contributed by atoms with E-state index >= 15 is 0 Å². The molecule has 2 aromatic rings. The van der Waals surface area contributed by atoms with Crippen LogP contribution in [0.3, 0.4) is 0 Å². The highest BCUT2D eigenvalue weighted by molar-refractivity contribution is 5.75. The molecule has 1 atom stereocenters. The Morgan fingerprint density at radius 1 is 1.38 bits per heavy atom. The van der Waals surface area contributed by atoms with Crippen LogP contribution in [0.15, 0.2) is 36.5 Å². The van der Waals surface area contributed by atoms with Crippen LogP contribution in [0, 0.1) is 6.92 Å². The van der Waals surface area contributed by atoms with Gasteiger partial charge in [0.15, 0.2) is 0 Å². The highest BCUT2D eigenvalue weighted by Crippen LogP contribution is 2.21. The molecule has 0 spiro atoms. The Kier molecular flexibility index (Phi) is 5.64. The van der Waals surface area contributed by atoms with E-state index in [-0.39, 0.29) is 12.5 Å². The molecule has 0 bridgehead atoms. The molecule has 2 N–H and O–H groups in total.